The van der Waals surface area contributed by atoms with E-state index in [0.717, 1.165) is 18.4 Å². The van der Waals surface area contributed by atoms with Crippen LogP contribution in [0.15, 0.2) is 22.6 Å². The van der Waals surface area contributed by atoms with E-state index >= 15 is 0 Å². The minimum absolute atomic E-state index is 0.0761. The molecule has 1 unspecified atom stereocenters. The Kier molecular flexibility index (Phi) is 3.32. The first kappa shape index (κ1) is 14.8. The molecule has 3 aromatic rings. The zero-order valence-electron chi connectivity index (χ0n) is 12.8. The van der Waals surface area contributed by atoms with Gasteiger partial charge in [-0.2, -0.15) is 5.26 Å². The van der Waals surface area contributed by atoms with Crippen LogP contribution in [0.5, 0.6) is 0 Å². The SMILES string of the molecule is Cn1ccnc1C(=O)C(C#N)c1nc2scc(C3CC3)c2c(=O)[nH]1. The molecule has 1 aliphatic rings. The molecule has 3 aromatic heterocycles. The Labute approximate surface area is 140 Å². The lowest BCUT2D eigenvalue weighted by Crippen LogP contribution is -2.21. The molecule has 0 aromatic carbocycles. The van der Waals surface area contributed by atoms with Gasteiger partial charge in [-0.3, -0.25) is 9.59 Å². The molecule has 4 rings (SSSR count). The number of carbonyl (C=O) groups is 1. The summed E-state index contributed by atoms with van der Waals surface area (Å²) in [6.45, 7) is 0. The Morgan fingerprint density at radius 2 is 2.33 bits per heavy atom. The molecule has 8 heteroatoms. The summed E-state index contributed by atoms with van der Waals surface area (Å²) >= 11 is 1.38. The van der Waals surface area contributed by atoms with Crippen molar-refractivity contribution in [3.63, 3.8) is 0 Å². The first-order valence-corrected chi connectivity index (χ1v) is 8.40. The van der Waals surface area contributed by atoms with Crippen LogP contribution in [0.2, 0.25) is 0 Å². The van der Waals surface area contributed by atoms with Gasteiger partial charge in [-0.25, -0.2) is 9.97 Å². The summed E-state index contributed by atoms with van der Waals surface area (Å²) in [7, 11) is 1.68. The van der Waals surface area contributed by atoms with E-state index in [9.17, 15) is 14.9 Å². The Morgan fingerprint density at radius 3 is 2.96 bits per heavy atom. The van der Waals surface area contributed by atoms with Crippen LogP contribution >= 0.6 is 11.3 Å². The molecule has 1 aliphatic carbocycles. The molecule has 0 radical (unpaired) electrons. The molecule has 0 amide bonds. The van der Waals surface area contributed by atoms with Crippen LogP contribution in [0.3, 0.4) is 0 Å². The number of H-pyrrole nitrogens is 1. The van der Waals surface area contributed by atoms with Crippen LogP contribution in [0.4, 0.5) is 0 Å². The van der Waals surface area contributed by atoms with Gasteiger partial charge < -0.3 is 9.55 Å². The van der Waals surface area contributed by atoms with E-state index in [1.165, 1.54) is 17.5 Å². The monoisotopic (exact) mass is 339 g/mol. The molecule has 1 atom stereocenters. The number of Topliss-reactive ketones (excluding diaryl/α,β-unsaturated/α-hetero) is 1. The number of hydrogen-bond acceptors (Lipinski definition) is 6. The number of thiophene rings is 1. The topological polar surface area (TPSA) is 104 Å². The lowest BCUT2D eigenvalue weighted by Gasteiger charge is -2.07. The quantitative estimate of drug-likeness (QED) is 0.733. The standard InChI is InChI=1S/C16H13N5O2S/c1-21-5-4-18-14(21)12(22)9(6-17)13-19-15(23)11-10(8-2-3-8)7-24-16(11)20-13/h4-5,7-9H,2-3H2,1H3,(H,19,20,23). The second-order valence-corrected chi connectivity index (χ2v) is 6.74. The van der Waals surface area contributed by atoms with Gasteiger partial charge >= 0.3 is 0 Å². The summed E-state index contributed by atoms with van der Waals surface area (Å²) in [5, 5.41) is 12.0. The number of hydrogen-bond donors (Lipinski definition) is 1. The van der Waals surface area contributed by atoms with E-state index in [0.29, 0.717) is 16.1 Å². The molecule has 3 heterocycles. The summed E-state index contributed by atoms with van der Waals surface area (Å²) < 4.78 is 1.54. The number of rotatable bonds is 4. The number of aromatic nitrogens is 4. The molecular formula is C16H13N5O2S. The van der Waals surface area contributed by atoms with Gasteiger partial charge in [0.05, 0.1) is 11.5 Å². The maximum absolute atomic E-state index is 12.6. The first-order valence-electron chi connectivity index (χ1n) is 7.52. The third-order valence-electron chi connectivity index (χ3n) is 4.21. The maximum Gasteiger partial charge on any atom is 0.259 e. The van der Waals surface area contributed by atoms with Crippen molar-refractivity contribution in [3.8, 4) is 6.07 Å². The molecule has 1 N–H and O–H groups in total. The van der Waals surface area contributed by atoms with E-state index in [1.54, 1.807) is 17.8 Å². The van der Waals surface area contributed by atoms with E-state index in [4.69, 9.17) is 0 Å². The normalized spacial score (nSPS) is 15.3. The zero-order chi connectivity index (χ0) is 16.8. The molecular weight excluding hydrogens is 326 g/mol. The number of nitriles is 1. The minimum Gasteiger partial charge on any atom is -0.332 e. The van der Waals surface area contributed by atoms with E-state index in [2.05, 4.69) is 15.0 Å². The summed E-state index contributed by atoms with van der Waals surface area (Å²) in [5.74, 6) is -0.990. The van der Waals surface area contributed by atoms with Gasteiger partial charge in [-0.15, -0.1) is 11.3 Å². The number of ketones is 1. The zero-order valence-corrected chi connectivity index (χ0v) is 13.6. The predicted octanol–water partition coefficient (Wildman–Crippen LogP) is 2.09. The van der Waals surface area contributed by atoms with Gasteiger partial charge in [0.15, 0.2) is 11.7 Å². The first-order chi connectivity index (χ1) is 11.6. The highest BCUT2D eigenvalue weighted by Crippen LogP contribution is 2.44. The number of fused-ring (bicyclic) bond motifs is 1. The molecule has 1 saturated carbocycles. The van der Waals surface area contributed by atoms with Crippen molar-refractivity contribution in [2.24, 2.45) is 7.05 Å². The summed E-state index contributed by atoms with van der Waals surface area (Å²) in [6, 6.07) is 1.94. The Bertz CT molecular complexity index is 1050. The fourth-order valence-electron chi connectivity index (χ4n) is 2.79. The average molecular weight is 339 g/mol. The van der Waals surface area contributed by atoms with Gasteiger partial charge in [-0.05, 0) is 29.7 Å². The van der Waals surface area contributed by atoms with Crippen molar-refractivity contribution in [2.75, 3.05) is 0 Å². The highest BCUT2D eigenvalue weighted by atomic mass is 32.1. The van der Waals surface area contributed by atoms with E-state index in [-0.39, 0.29) is 17.2 Å². The Hall–Kier alpha value is -2.79. The third kappa shape index (κ3) is 2.25. The van der Waals surface area contributed by atoms with Crippen molar-refractivity contribution in [1.29, 1.82) is 5.26 Å². The number of nitrogens with one attached hydrogen (secondary N) is 1. The predicted molar refractivity (Wildman–Crippen MR) is 88.1 cm³/mol. The van der Waals surface area contributed by atoms with Crippen LogP contribution in [0, 0.1) is 11.3 Å². The fraction of sp³-hybridized carbons (Fsp3) is 0.312. The highest BCUT2D eigenvalue weighted by molar-refractivity contribution is 7.16. The molecule has 0 aliphatic heterocycles. The van der Waals surface area contributed by atoms with Gasteiger partial charge in [0.2, 0.25) is 5.78 Å². The lowest BCUT2D eigenvalue weighted by molar-refractivity contribution is 0.0963. The fourth-order valence-corrected chi connectivity index (χ4v) is 3.82. The molecule has 120 valence electrons. The second-order valence-electron chi connectivity index (χ2n) is 5.88. The van der Waals surface area contributed by atoms with Crippen molar-refractivity contribution in [3.05, 3.63) is 45.3 Å². The largest absolute Gasteiger partial charge is 0.332 e. The molecule has 7 nitrogen and oxygen atoms in total. The highest BCUT2D eigenvalue weighted by Gasteiger charge is 2.31. The van der Waals surface area contributed by atoms with Crippen LogP contribution in [0.1, 0.15) is 46.7 Å². The van der Waals surface area contributed by atoms with Crippen molar-refractivity contribution in [1.82, 2.24) is 19.5 Å². The van der Waals surface area contributed by atoms with Crippen molar-refractivity contribution in [2.45, 2.75) is 24.7 Å². The molecule has 1 fully saturated rings. The molecule has 0 bridgehead atoms. The number of imidazole rings is 1. The minimum atomic E-state index is -1.19. The van der Waals surface area contributed by atoms with Gasteiger partial charge in [-0.1, -0.05) is 0 Å². The maximum atomic E-state index is 12.6. The summed E-state index contributed by atoms with van der Waals surface area (Å²) in [6.07, 6.45) is 5.29. The van der Waals surface area contributed by atoms with Crippen LogP contribution in [-0.4, -0.2) is 25.3 Å². The number of nitrogens with zero attached hydrogens (tertiary/aromatic N) is 4. The van der Waals surface area contributed by atoms with Crippen LogP contribution in [0.25, 0.3) is 10.2 Å². The smallest absolute Gasteiger partial charge is 0.259 e. The van der Waals surface area contributed by atoms with E-state index < -0.39 is 11.7 Å². The number of aromatic amines is 1. The number of aryl methyl sites for hydroxylation is 1. The van der Waals surface area contributed by atoms with Gasteiger partial charge in [0, 0.05) is 19.4 Å². The van der Waals surface area contributed by atoms with Gasteiger partial charge in [0.1, 0.15) is 10.7 Å². The average Bonchev–Trinajstić information content (AvgIpc) is 3.16. The molecule has 0 spiro atoms. The van der Waals surface area contributed by atoms with Crippen molar-refractivity contribution >= 4 is 27.3 Å². The molecule has 0 saturated heterocycles. The third-order valence-corrected chi connectivity index (χ3v) is 5.10. The van der Waals surface area contributed by atoms with Crippen molar-refractivity contribution < 1.29 is 4.79 Å². The summed E-state index contributed by atoms with van der Waals surface area (Å²) in [5.41, 5.74) is 0.741. The van der Waals surface area contributed by atoms with Crippen LogP contribution < -0.4 is 5.56 Å². The Balaban J connectivity index is 1.80. The van der Waals surface area contributed by atoms with Crippen LogP contribution in [-0.2, 0) is 7.05 Å². The molecule has 24 heavy (non-hydrogen) atoms. The van der Waals surface area contributed by atoms with Gasteiger partial charge in [0.25, 0.3) is 5.56 Å². The number of carbonyl (C=O) groups excluding carboxylic acids is 1. The summed E-state index contributed by atoms with van der Waals surface area (Å²) in [4.78, 5) is 36.6. The van der Waals surface area contributed by atoms with E-state index in [1.807, 2.05) is 11.4 Å². The Morgan fingerprint density at radius 1 is 1.54 bits per heavy atom. The lowest BCUT2D eigenvalue weighted by atomic mass is 10.0. The second kappa shape index (κ2) is 5.39.